The van der Waals surface area contributed by atoms with Crippen molar-refractivity contribution >= 4 is 33.5 Å². The fraction of sp³-hybridized carbons (Fsp3) is 0.312. The standard InChI is InChI=1S/C32H36N4O2/c37-24-12-5-3-1-2-4-6-13-25-38-31-23-18-26-14-10-11-17-30(26)32(31)36-35-29-21-19-28(20-22-29)34-33-27-15-8-7-9-16-27/h7-11,14-23,37H,1-6,12-13,24-25H2/b34-33+,36-35?. The first-order valence-corrected chi connectivity index (χ1v) is 13.6. The van der Waals surface area contributed by atoms with Gasteiger partial charge in [-0.1, -0.05) is 87.1 Å². The molecule has 0 aliphatic carbocycles. The number of ether oxygens (including phenoxy) is 1. The normalized spacial score (nSPS) is 11.6. The van der Waals surface area contributed by atoms with Crippen LogP contribution in [0.3, 0.4) is 0 Å². The van der Waals surface area contributed by atoms with Crippen LogP contribution in [0.5, 0.6) is 5.75 Å². The third-order valence-electron chi connectivity index (χ3n) is 6.33. The van der Waals surface area contributed by atoms with E-state index in [2.05, 4.69) is 38.7 Å². The van der Waals surface area contributed by atoms with Gasteiger partial charge in [-0.05, 0) is 60.7 Å². The molecule has 4 aromatic carbocycles. The second-order valence-corrected chi connectivity index (χ2v) is 9.29. The van der Waals surface area contributed by atoms with Crippen molar-refractivity contribution < 1.29 is 9.84 Å². The van der Waals surface area contributed by atoms with Crippen LogP contribution in [0.15, 0.2) is 111 Å². The second-order valence-electron chi connectivity index (χ2n) is 9.29. The Kier molecular flexibility index (Phi) is 11.0. The van der Waals surface area contributed by atoms with Crippen LogP contribution in [0.25, 0.3) is 10.8 Å². The van der Waals surface area contributed by atoms with Crippen molar-refractivity contribution in [3.8, 4) is 5.75 Å². The topological polar surface area (TPSA) is 78.9 Å². The number of hydrogen-bond donors (Lipinski definition) is 1. The Labute approximate surface area is 225 Å². The number of benzene rings is 4. The van der Waals surface area contributed by atoms with Crippen molar-refractivity contribution in [3.05, 3.63) is 91.0 Å². The fourth-order valence-electron chi connectivity index (χ4n) is 4.22. The maximum Gasteiger partial charge on any atom is 0.147 e. The first-order chi connectivity index (χ1) is 18.8. The summed E-state index contributed by atoms with van der Waals surface area (Å²) in [5, 5.41) is 28.7. The molecule has 0 amide bonds. The van der Waals surface area contributed by atoms with Gasteiger partial charge in [-0.2, -0.15) is 15.3 Å². The molecule has 6 nitrogen and oxygen atoms in total. The SMILES string of the molecule is OCCCCCCCCCCOc1ccc2ccccc2c1N=Nc1ccc(/N=N/c2ccccc2)cc1. The van der Waals surface area contributed by atoms with Gasteiger partial charge in [0.2, 0.25) is 0 Å². The Hall–Kier alpha value is -3.90. The third-order valence-corrected chi connectivity index (χ3v) is 6.33. The average molecular weight is 509 g/mol. The molecule has 0 saturated heterocycles. The zero-order valence-electron chi connectivity index (χ0n) is 21.9. The first kappa shape index (κ1) is 27.1. The van der Waals surface area contributed by atoms with Crippen molar-refractivity contribution in [1.82, 2.24) is 0 Å². The van der Waals surface area contributed by atoms with E-state index in [0.29, 0.717) is 13.2 Å². The molecule has 0 aliphatic rings. The number of rotatable bonds is 15. The number of fused-ring (bicyclic) bond motifs is 1. The Balaban J connectivity index is 1.36. The lowest BCUT2D eigenvalue weighted by molar-refractivity contribution is 0.282. The van der Waals surface area contributed by atoms with Gasteiger partial charge in [-0.3, -0.25) is 0 Å². The van der Waals surface area contributed by atoms with Gasteiger partial charge in [-0.25, -0.2) is 0 Å². The molecule has 0 atom stereocenters. The molecule has 0 unspecified atom stereocenters. The molecule has 38 heavy (non-hydrogen) atoms. The van der Waals surface area contributed by atoms with Crippen LogP contribution in [-0.2, 0) is 0 Å². The van der Waals surface area contributed by atoms with Gasteiger partial charge in [0, 0.05) is 12.0 Å². The van der Waals surface area contributed by atoms with Gasteiger partial charge in [-0.15, -0.1) is 5.11 Å². The van der Waals surface area contributed by atoms with E-state index in [-0.39, 0.29) is 0 Å². The van der Waals surface area contributed by atoms with Crippen molar-refractivity contribution in [3.63, 3.8) is 0 Å². The monoisotopic (exact) mass is 508 g/mol. The summed E-state index contributed by atoms with van der Waals surface area (Å²) in [4.78, 5) is 0. The number of aliphatic hydroxyl groups excluding tert-OH is 1. The number of nitrogens with zero attached hydrogens (tertiary/aromatic N) is 4. The summed E-state index contributed by atoms with van der Waals surface area (Å²) in [7, 11) is 0. The minimum atomic E-state index is 0.307. The number of unbranched alkanes of at least 4 members (excludes halogenated alkanes) is 7. The van der Waals surface area contributed by atoms with E-state index in [1.165, 1.54) is 25.7 Å². The fourth-order valence-corrected chi connectivity index (χ4v) is 4.22. The molecule has 6 heteroatoms. The maximum absolute atomic E-state index is 8.86. The molecule has 0 radical (unpaired) electrons. The smallest absolute Gasteiger partial charge is 0.147 e. The summed E-state index contributed by atoms with van der Waals surface area (Å²) in [6, 6.07) is 29.4. The average Bonchev–Trinajstić information content (AvgIpc) is 2.97. The molecule has 0 fully saturated rings. The van der Waals surface area contributed by atoms with Gasteiger partial charge >= 0.3 is 0 Å². The van der Waals surface area contributed by atoms with E-state index in [4.69, 9.17) is 9.84 Å². The predicted octanol–water partition coefficient (Wildman–Crippen LogP) is 10.2. The molecule has 0 heterocycles. The van der Waals surface area contributed by atoms with Crippen molar-refractivity contribution in [2.45, 2.75) is 51.4 Å². The van der Waals surface area contributed by atoms with Crippen LogP contribution in [0.4, 0.5) is 22.7 Å². The molecule has 0 bridgehead atoms. The molecule has 4 aromatic rings. The van der Waals surface area contributed by atoms with Gasteiger partial charge in [0.05, 0.1) is 23.7 Å². The summed E-state index contributed by atoms with van der Waals surface area (Å²) in [6.07, 6.45) is 9.13. The zero-order valence-corrected chi connectivity index (χ0v) is 21.9. The summed E-state index contributed by atoms with van der Waals surface area (Å²) in [5.41, 5.74) is 3.06. The van der Waals surface area contributed by atoms with Crippen LogP contribution >= 0.6 is 0 Å². The molecule has 0 aliphatic heterocycles. The van der Waals surface area contributed by atoms with E-state index in [1.807, 2.05) is 72.8 Å². The van der Waals surface area contributed by atoms with Crippen LogP contribution < -0.4 is 4.74 Å². The largest absolute Gasteiger partial charge is 0.491 e. The number of hydrogen-bond acceptors (Lipinski definition) is 6. The molecule has 0 saturated carbocycles. The van der Waals surface area contributed by atoms with Crippen LogP contribution in [0.2, 0.25) is 0 Å². The van der Waals surface area contributed by atoms with Gasteiger partial charge < -0.3 is 9.84 Å². The summed E-state index contributed by atoms with van der Waals surface area (Å²) < 4.78 is 6.18. The van der Waals surface area contributed by atoms with Crippen molar-refractivity contribution in [2.75, 3.05) is 13.2 Å². The highest BCUT2D eigenvalue weighted by molar-refractivity contribution is 5.95. The minimum absolute atomic E-state index is 0.307. The van der Waals surface area contributed by atoms with Gasteiger partial charge in [0.1, 0.15) is 11.4 Å². The highest BCUT2D eigenvalue weighted by Gasteiger charge is 2.09. The molecule has 0 aromatic heterocycles. The summed E-state index contributed by atoms with van der Waals surface area (Å²) >= 11 is 0. The van der Waals surface area contributed by atoms with E-state index in [0.717, 1.165) is 65.0 Å². The van der Waals surface area contributed by atoms with E-state index < -0.39 is 0 Å². The number of azo groups is 2. The van der Waals surface area contributed by atoms with Gasteiger partial charge in [0.15, 0.2) is 0 Å². The van der Waals surface area contributed by atoms with Gasteiger partial charge in [0.25, 0.3) is 0 Å². The Morgan fingerprint density at radius 1 is 0.500 bits per heavy atom. The zero-order chi connectivity index (χ0) is 26.3. The van der Waals surface area contributed by atoms with Crippen molar-refractivity contribution in [1.29, 1.82) is 0 Å². The lowest BCUT2D eigenvalue weighted by atomic mass is 10.1. The maximum atomic E-state index is 8.86. The highest BCUT2D eigenvalue weighted by atomic mass is 16.5. The lowest BCUT2D eigenvalue weighted by Gasteiger charge is -2.11. The molecule has 196 valence electrons. The van der Waals surface area contributed by atoms with E-state index in [9.17, 15) is 0 Å². The summed E-state index contributed by atoms with van der Waals surface area (Å²) in [5.74, 6) is 0.754. The lowest BCUT2D eigenvalue weighted by Crippen LogP contribution is -1.98. The third kappa shape index (κ3) is 8.60. The number of aliphatic hydroxyl groups is 1. The summed E-state index contributed by atoms with van der Waals surface area (Å²) in [6.45, 7) is 0.967. The highest BCUT2D eigenvalue weighted by Crippen LogP contribution is 2.37. The van der Waals surface area contributed by atoms with E-state index >= 15 is 0 Å². The Morgan fingerprint density at radius 3 is 1.74 bits per heavy atom. The van der Waals surface area contributed by atoms with Crippen molar-refractivity contribution in [2.24, 2.45) is 20.5 Å². The Morgan fingerprint density at radius 2 is 1.05 bits per heavy atom. The predicted molar refractivity (Wildman–Crippen MR) is 155 cm³/mol. The minimum Gasteiger partial charge on any atom is -0.491 e. The molecule has 4 rings (SSSR count). The molecular weight excluding hydrogens is 472 g/mol. The quantitative estimate of drug-likeness (QED) is 0.128. The van der Waals surface area contributed by atoms with Crippen LogP contribution in [0, 0.1) is 0 Å². The Bertz CT molecular complexity index is 1300. The molecular formula is C32H36N4O2. The molecule has 1 N–H and O–H groups in total. The van der Waals surface area contributed by atoms with Crippen LogP contribution in [-0.4, -0.2) is 18.3 Å². The second kappa shape index (κ2) is 15.4. The van der Waals surface area contributed by atoms with E-state index in [1.54, 1.807) is 0 Å². The van der Waals surface area contributed by atoms with Crippen LogP contribution in [0.1, 0.15) is 51.4 Å². The first-order valence-electron chi connectivity index (χ1n) is 13.6. The molecule has 0 spiro atoms.